The minimum absolute atomic E-state index is 0.646. The first-order valence-corrected chi connectivity index (χ1v) is 7.92. The van der Waals surface area contributed by atoms with Crippen LogP contribution in [-0.2, 0) is 11.2 Å². The molecule has 0 saturated carbocycles. The average molecular weight is 266 g/mol. The number of nitrogens with one attached hydrogen (secondary N) is 1. The first-order valence-electron chi connectivity index (χ1n) is 7.10. The second-order valence-electron chi connectivity index (χ2n) is 5.44. The maximum absolute atomic E-state index is 5.43. The molecule has 0 bridgehead atoms. The Morgan fingerprint density at radius 2 is 2.17 bits per heavy atom. The Hall–Kier alpha value is -0.450. The van der Waals surface area contributed by atoms with E-state index in [0.29, 0.717) is 12.0 Å². The van der Waals surface area contributed by atoms with Gasteiger partial charge in [-0.25, -0.2) is 4.98 Å². The van der Waals surface area contributed by atoms with Crippen molar-refractivity contribution in [1.82, 2.24) is 10.3 Å². The van der Waals surface area contributed by atoms with Gasteiger partial charge < -0.3 is 10.1 Å². The normalized spacial score (nSPS) is 25.7. The van der Waals surface area contributed by atoms with Crippen molar-refractivity contribution in [3.05, 3.63) is 15.6 Å². The molecule has 0 amide bonds. The molecule has 1 N–H and O–H groups in total. The minimum Gasteiger partial charge on any atom is -0.381 e. The smallest absolute Gasteiger partial charge is 0.0963 e. The predicted molar refractivity (Wildman–Crippen MR) is 74.4 cm³/mol. The largest absolute Gasteiger partial charge is 0.381 e. The zero-order valence-corrected chi connectivity index (χ0v) is 11.9. The Morgan fingerprint density at radius 1 is 1.33 bits per heavy atom. The molecule has 3 rings (SSSR count). The van der Waals surface area contributed by atoms with Gasteiger partial charge in [0.15, 0.2) is 0 Å². The summed E-state index contributed by atoms with van der Waals surface area (Å²) in [6.07, 6.45) is 6.12. The van der Waals surface area contributed by atoms with E-state index in [2.05, 4.69) is 12.2 Å². The van der Waals surface area contributed by atoms with Crippen LogP contribution in [0.2, 0.25) is 0 Å². The number of nitrogens with zero attached hydrogens (tertiary/aromatic N) is 1. The standard InChI is InChI=1S/C14H22N2OS/c1-10-13(9-12-3-2-6-15-12)18-14(16-10)11-4-7-17-8-5-11/h11-12,15H,2-9H2,1H3. The summed E-state index contributed by atoms with van der Waals surface area (Å²) in [6.45, 7) is 5.17. The summed E-state index contributed by atoms with van der Waals surface area (Å²) in [5.41, 5.74) is 1.26. The van der Waals surface area contributed by atoms with Crippen molar-refractivity contribution in [3.63, 3.8) is 0 Å². The van der Waals surface area contributed by atoms with Gasteiger partial charge in [0, 0.05) is 30.1 Å². The molecule has 100 valence electrons. The number of aryl methyl sites for hydroxylation is 1. The fourth-order valence-electron chi connectivity index (χ4n) is 2.91. The van der Waals surface area contributed by atoms with E-state index >= 15 is 0 Å². The summed E-state index contributed by atoms with van der Waals surface area (Å²) in [7, 11) is 0. The molecule has 4 heteroatoms. The van der Waals surface area contributed by atoms with E-state index in [1.807, 2.05) is 11.3 Å². The first kappa shape index (κ1) is 12.6. The van der Waals surface area contributed by atoms with E-state index in [1.54, 1.807) is 0 Å². The number of thiazole rings is 1. The van der Waals surface area contributed by atoms with Gasteiger partial charge in [-0.2, -0.15) is 0 Å². The zero-order valence-electron chi connectivity index (χ0n) is 11.1. The van der Waals surface area contributed by atoms with Gasteiger partial charge in [0.25, 0.3) is 0 Å². The van der Waals surface area contributed by atoms with Crippen LogP contribution in [0.15, 0.2) is 0 Å². The summed E-state index contributed by atoms with van der Waals surface area (Å²) < 4.78 is 5.43. The molecule has 18 heavy (non-hydrogen) atoms. The van der Waals surface area contributed by atoms with Crippen LogP contribution in [-0.4, -0.2) is 30.8 Å². The van der Waals surface area contributed by atoms with Crippen molar-refractivity contribution in [2.75, 3.05) is 19.8 Å². The van der Waals surface area contributed by atoms with Crippen LogP contribution in [0.4, 0.5) is 0 Å². The summed E-state index contributed by atoms with van der Waals surface area (Å²) in [5, 5.41) is 4.93. The topological polar surface area (TPSA) is 34.1 Å². The Labute approximate surface area is 113 Å². The van der Waals surface area contributed by atoms with Crippen molar-refractivity contribution in [2.24, 2.45) is 0 Å². The highest BCUT2D eigenvalue weighted by atomic mass is 32.1. The van der Waals surface area contributed by atoms with Gasteiger partial charge in [0.2, 0.25) is 0 Å². The highest BCUT2D eigenvalue weighted by molar-refractivity contribution is 7.11. The molecule has 2 aliphatic heterocycles. The lowest BCUT2D eigenvalue weighted by molar-refractivity contribution is 0.0852. The van der Waals surface area contributed by atoms with E-state index in [0.717, 1.165) is 26.1 Å². The fourth-order valence-corrected chi connectivity index (χ4v) is 4.23. The van der Waals surface area contributed by atoms with E-state index in [9.17, 15) is 0 Å². The van der Waals surface area contributed by atoms with E-state index < -0.39 is 0 Å². The van der Waals surface area contributed by atoms with Crippen molar-refractivity contribution in [2.45, 2.75) is 51.0 Å². The maximum atomic E-state index is 5.43. The van der Waals surface area contributed by atoms with Crippen LogP contribution in [0.3, 0.4) is 0 Å². The third-order valence-electron chi connectivity index (χ3n) is 4.07. The number of ether oxygens (including phenoxy) is 1. The molecule has 0 aliphatic carbocycles. The highest BCUT2D eigenvalue weighted by Gasteiger charge is 2.22. The molecule has 1 aromatic heterocycles. The highest BCUT2D eigenvalue weighted by Crippen LogP contribution is 2.32. The van der Waals surface area contributed by atoms with E-state index in [4.69, 9.17) is 9.72 Å². The lowest BCUT2D eigenvalue weighted by Gasteiger charge is -2.19. The molecule has 3 heterocycles. The average Bonchev–Trinajstić information content (AvgIpc) is 3.02. The molecule has 2 fully saturated rings. The Bertz CT molecular complexity index is 392. The molecule has 0 aromatic carbocycles. The Kier molecular flexibility index (Phi) is 3.97. The van der Waals surface area contributed by atoms with E-state index in [1.165, 1.54) is 41.4 Å². The monoisotopic (exact) mass is 266 g/mol. The Balaban J connectivity index is 1.68. The van der Waals surface area contributed by atoms with Gasteiger partial charge in [-0.15, -0.1) is 11.3 Å². The third-order valence-corrected chi connectivity index (χ3v) is 5.42. The fraction of sp³-hybridized carbons (Fsp3) is 0.786. The quantitative estimate of drug-likeness (QED) is 0.913. The van der Waals surface area contributed by atoms with Gasteiger partial charge in [-0.05, 0) is 45.6 Å². The van der Waals surface area contributed by atoms with E-state index in [-0.39, 0.29) is 0 Å². The lowest BCUT2D eigenvalue weighted by Crippen LogP contribution is -2.23. The minimum atomic E-state index is 0.646. The SMILES string of the molecule is Cc1nc(C2CCOCC2)sc1CC1CCCN1. The summed E-state index contributed by atoms with van der Waals surface area (Å²) >= 11 is 1.95. The van der Waals surface area contributed by atoms with Crippen LogP contribution in [0.25, 0.3) is 0 Å². The number of aromatic nitrogens is 1. The van der Waals surface area contributed by atoms with Crippen molar-refractivity contribution < 1.29 is 4.74 Å². The van der Waals surface area contributed by atoms with Gasteiger partial charge in [-0.3, -0.25) is 0 Å². The molecule has 0 spiro atoms. The number of hydrogen-bond acceptors (Lipinski definition) is 4. The van der Waals surface area contributed by atoms with Crippen molar-refractivity contribution in [3.8, 4) is 0 Å². The lowest BCUT2D eigenvalue weighted by atomic mass is 10.0. The number of rotatable bonds is 3. The molecule has 0 radical (unpaired) electrons. The zero-order chi connectivity index (χ0) is 12.4. The molecule has 2 saturated heterocycles. The summed E-state index contributed by atoms with van der Waals surface area (Å²) in [6, 6.07) is 0.687. The van der Waals surface area contributed by atoms with Crippen LogP contribution in [0.5, 0.6) is 0 Å². The molecular weight excluding hydrogens is 244 g/mol. The van der Waals surface area contributed by atoms with Crippen LogP contribution >= 0.6 is 11.3 Å². The van der Waals surface area contributed by atoms with Crippen molar-refractivity contribution >= 4 is 11.3 Å². The van der Waals surface area contributed by atoms with Crippen molar-refractivity contribution in [1.29, 1.82) is 0 Å². The van der Waals surface area contributed by atoms with Gasteiger partial charge in [0.1, 0.15) is 0 Å². The molecular formula is C14H22N2OS. The van der Waals surface area contributed by atoms with Gasteiger partial charge >= 0.3 is 0 Å². The second kappa shape index (κ2) is 5.68. The van der Waals surface area contributed by atoms with Crippen LogP contribution in [0.1, 0.15) is 47.2 Å². The molecule has 1 atom stereocenters. The Morgan fingerprint density at radius 3 is 2.89 bits per heavy atom. The maximum Gasteiger partial charge on any atom is 0.0963 e. The third kappa shape index (κ3) is 2.76. The molecule has 1 unspecified atom stereocenters. The molecule has 3 nitrogen and oxygen atoms in total. The molecule has 1 aromatic rings. The first-order chi connectivity index (χ1) is 8.83. The molecule has 2 aliphatic rings. The van der Waals surface area contributed by atoms with Crippen LogP contribution < -0.4 is 5.32 Å². The van der Waals surface area contributed by atoms with Gasteiger partial charge in [0.05, 0.1) is 10.7 Å². The van der Waals surface area contributed by atoms with Gasteiger partial charge in [-0.1, -0.05) is 0 Å². The predicted octanol–water partition coefficient (Wildman–Crippen LogP) is 2.64. The second-order valence-corrected chi connectivity index (χ2v) is 6.56. The van der Waals surface area contributed by atoms with Crippen LogP contribution in [0, 0.1) is 6.92 Å². The summed E-state index contributed by atoms with van der Waals surface area (Å²) in [4.78, 5) is 6.31. The number of hydrogen-bond donors (Lipinski definition) is 1. The summed E-state index contributed by atoms with van der Waals surface area (Å²) in [5.74, 6) is 0.646.